The smallest absolute Gasteiger partial charge is 0.253 e. The van der Waals surface area contributed by atoms with Crippen molar-refractivity contribution in [1.82, 2.24) is 4.90 Å². The van der Waals surface area contributed by atoms with Crippen LogP contribution in [0.5, 0.6) is 11.5 Å². The molecule has 1 heterocycles. The lowest BCUT2D eigenvalue weighted by atomic mass is 9.87. The van der Waals surface area contributed by atoms with Gasteiger partial charge in [-0.1, -0.05) is 51.1 Å². The molecule has 1 amide bonds. The van der Waals surface area contributed by atoms with Crippen molar-refractivity contribution in [3.05, 3.63) is 89.5 Å². The van der Waals surface area contributed by atoms with Gasteiger partial charge in [-0.25, -0.2) is 0 Å². The van der Waals surface area contributed by atoms with Crippen LogP contribution in [0.15, 0.2) is 72.8 Å². The van der Waals surface area contributed by atoms with Crippen LogP contribution in [0.2, 0.25) is 0 Å². The number of carbonyl (C=O) groups excluding carboxylic acids is 1. The number of carbonyl (C=O) groups is 1. The van der Waals surface area contributed by atoms with E-state index in [0.717, 1.165) is 30.2 Å². The number of rotatable bonds is 7. The van der Waals surface area contributed by atoms with Gasteiger partial charge in [0.2, 0.25) is 0 Å². The highest BCUT2D eigenvalue weighted by Crippen LogP contribution is 2.27. The second-order valence-corrected chi connectivity index (χ2v) is 9.93. The minimum atomic E-state index is 0.0524. The minimum absolute atomic E-state index is 0.0524. The number of para-hydroxylation sites is 1. The Morgan fingerprint density at radius 3 is 2.17 bits per heavy atom. The lowest BCUT2D eigenvalue weighted by Crippen LogP contribution is -2.48. The molecule has 0 N–H and O–H groups in total. The van der Waals surface area contributed by atoms with Crippen molar-refractivity contribution in [3.63, 3.8) is 0 Å². The molecule has 1 saturated heterocycles. The molecule has 5 heteroatoms. The minimum Gasteiger partial charge on any atom is -0.493 e. The summed E-state index contributed by atoms with van der Waals surface area (Å²) in [5.41, 5.74) is 4.11. The van der Waals surface area contributed by atoms with Gasteiger partial charge in [-0.2, -0.15) is 0 Å². The quantitative estimate of drug-likeness (QED) is 0.428. The van der Waals surface area contributed by atoms with Crippen molar-refractivity contribution in [2.45, 2.75) is 39.7 Å². The largest absolute Gasteiger partial charge is 0.493 e. The van der Waals surface area contributed by atoms with E-state index in [1.54, 1.807) is 0 Å². The highest BCUT2D eigenvalue weighted by molar-refractivity contribution is 5.94. The molecule has 0 atom stereocenters. The molecule has 3 aromatic rings. The Kier molecular flexibility index (Phi) is 7.64. The van der Waals surface area contributed by atoms with E-state index >= 15 is 0 Å². The summed E-state index contributed by atoms with van der Waals surface area (Å²) in [6.07, 6.45) is 0. The monoisotopic (exact) mass is 472 g/mol. The first-order valence-corrected chi connectivity index (χ1v) is 12.4. The van der Waals surface area contributed by atoms with Crippen LogP contribution in [0, 0.1) is 0 Å². The van der Waals surface area contributed by atoms with Crippen LogP contribution in [-0.4, -0.2) is 43.6 Å². The Hall–Kier alpha value is -3.47. The van der Waals surface area contributed by atoms with E-state index in [1.807, 2.05) is 48.2 Å². The number of ether oxygens (including phenoxy) is 2. The van der Waals surface area contributed by atoms with Gasteiger partial charge < -0.3 is 19.3 Å². The predicted octanol–water partition coefficient (Wildman–Crippen LogP) is 5.92. The Morgan fingerprint density at radius 2 is 1.54 bits per heavy atom. The molecule has 0 aliphatic carbocycles. The van der Waals surface area contributed by atoms with Crippen LogP contribution in [0.4, 0.5) is 5.69 Å². The zero-order chi connectivity index (χ0) is 24.8. The van der Waals surface area contributed by atoms with Crippen molar-refractivity contribution < 1.29 is 14.3 Å². The summed E-state index contributed by atoms with van der Waals surface area (Å²) in [7, 11) is 0. The van der Waals surface area contributed by atoms with Gasteiger partial charge in [0.05, 0.1) is 6.61 Å². The molecule has 0 aromatic heterocycles. The third-order valence-electron chi connectivity index (χ3n) is 6.41. The van der Waals surface area contributed by atoms with E-state index in [1.165, 1.54) is 11.3 Å². The van der Waals surface area contributed by atoms with Crippen molar-refractivity contribution >= 4 is 11.6 Å². The average molecular weight is 473 g/mol. The van der Waals surface area contributed by atoms with Crippen LogP contribution in [0.3, 0.4) is 0 Å². The number of benzene rings is 3. The SMILES string of the molecule is CCOc1ccc(C(=O)N2CCN(c3ccccc3)CC2)cc1COc1ccc(C(C)(C)C)cc1. The Morgan fingerprint density at radius 1 is 0.857 bits per heavy atom. The molecule has 3 aromatic carbocycles. The van der Waals surface area contributed by atoms with E-state index in [-0.39, 0.29) is 11.3 Å². The zero-order valence-corrected chi connectivity index (χ0v) is 21.3. The summed E-state index contributed by atoms with van der Waals surface area (Å²) >= 11 is 0. The Balaban J connectivity index is 1.43. The first-order chi connectivity index (χ1) is 16.8. The molecule has 1 fully saturated rings. The number of amides is 1. The van der Waals surface area contributed by atoms with Crippen molar-refractivity contribution in [2.75, 3.05) is 37.7 Å². The lowest BCUT2D eigenvalue weighted by Gasteiger charge is -2.36. The third-order valence-corrected chi connectivity index (χ3v) is 6.41. The number of hydrogen-bond donors (Lipinski definition) is 0. The lowest BCUT2D eigenvalue weighted by molar-refractivity contribution is 0.0746. The Labute approximate surface area is 209 Å². The maximum atomic E-state index is 13.3. The second kappa shape index (κ2) is 10.9. The van der Waals surface area contributed by atoms with Crippen LogP contribution < -0.4 is 14.4 Å². The van der Waals surface area contributed by atoms with E-state index in [2.05, 4.69) is 62.1 Å². The molecule has 0 unspecified atom stereocenters. The predicted molar refractivity (Wildman–Crippen MR) is 142 cm³/mol. The van der Waals surface area contributed by atoms with Crippen LogP contribution in [0.25, 0.3) is 0 Å². The molecule has 4 rings (SSSR count). The van der Waals surface area contributed by atoms with Gasteiger partial charge in [-0.15, -0.1) is 0 Å². The fourth-order valence-electron chi connectivity index (χ4n) is 4.32. The maximum Gasteiger partial charge on any atom is 0.253 e. The first kappa shape index (κ1) is 24.6. The second-order valence-electron chi connectivity index (χ2n) is 9.93. The van der Waals surface area contributed by atoms with Gasteiger partial charge in [0.25, 0.3) is 5.91 Å². The van der Waals surface area contributed by atoms with E-state index in [4.69, 9.17) is 9.47 Å². The summed E-state index contributed by atoms with van der Waals surface area (Å²) in [6, 6.07) is 24.2. The van der Waals surface area contributed by atoms with Gasteiger partial charge in [0.1, 0.15) is 18.1 Å². The van der Waals surface area contributed by atoms with Gasteiger partial charge in [0.15, 0.2) is 0 Å². The van der Waals surface area contributed by atoms with Crippen LogP contribution in [0.1, 0.15) is 49.2 Å². The molecule has 35 heavy (non-hydrogen) atoms. The van der Waals surface area contributed by atoms with Crippen LogP contribution in [-0.2, 0) is 12.0 Å². The molecule has 0 bridgehead atoms. The van der Waals surface area contributed by atoms with E-state index in [0.29, 0.717) is 31.9 Å². The topological polar surface area (TPSA) is 42.0 Å². The van der Waals surface area contributed by atoms with Crippen molar-refractivity contribution in [2.24, 2.45) is 0 Å². The van der Waals surface area contributed by atoms with Gasteiger partial charge in [-0.05, 0) is 60.4 Å². The fraction of sp³-hybridized carbons (Fsp3) is 0.367. The number of nitrogens with zero attached hydrogens (tertiary/aromatic N) is 2. The molecule has 0 spiro atoms. The summed E-state index contributed by atoms with van der Waals surface area (Å²) in [5.74, 6) is 1.61. The zero-order valence-electron chi connectivity index (χ0n) is 21.3. The van der Waals surface area contributed by atoms with Crippen LogP contribution >= 0.6 is 0 Å². The molecule has 184 valence electrons. The first-order valence-electron chi connectivity index (χ1n) is 12.4. The molecule has 0 radical (unpaired) electrons. The molecular weight excluding hydrogens is 436 g/mol. The number of piperazine rings is 1. The highest BCUT2D eigenvalue weighted by Gasteiger charge is 2.23. The number of hydrogen-bond acceptors (Lipinski definition) is 4. The third kappa shape index (κ3) is 6.16. The summed E-state index contributed by atoms with van der Waals surface area (Å²) < 4.78 is 11.9. The van der Waals surface area contributed by atoms with Gasteiger partial charge >= 0.3 is 0 Å². The van der Waals surface area contributed by atoms with Crippen molar-refractivity contribution in [3.8, 4) is 11.5 Å². The normalized spacial score (nSPS) is 14.1. The van der Waals surface area contributed by atoms with Crippen molar-refractivity contribution in [1.29, 1.82) is 0 Å². The fourth-order valence-corrected chi connectivity index (χ4v) is 4.32. The maximum absolute atomic E-state index is 13.3. The average Bonchev–Trinajstić information content (AvgIpc) is 2.88. The molecule has 0 saturated carbocycles. The Bertz CT molecular complexity index is 1110. The molecule has 1 aliphatic rings. The van der Waals surface area contributed by atoms with Gasteiger partial charge in [-0.3, -0.25) is 4.79 Å². The van der Waals surface area contributed by atoms with E-state index < -0.39 is 0 Å². The molecule has 1 aliphatic heterocycles. The summed E-state index contributed by atoms with van der Waals surface area (Å²) in [4.78, 5) is 17.6. The van der Waals surface area contributed by atoms with E-state index in [9.17, 15) is 4.79 Å². The molecular formula is C30H36N2O3. The number of anilines is 1. The van der Waals surface area contributed by atoms with Gasteiger partial charge in [0, 0.05) is 43.0 Å². The summed E-state index contributed by atoms with van der Waals surface area (Å²) in [5, 5.41) is 0. The highest BCUT2D eigenvalue weighted by atomic mass is 16.5. The summed E-state index contributed by atoms with van der Waals surface area (Å²) in [6.45, 7) is 12.5. The molecule has 5 nitrogen and oxygen atoms in total. The standard InChI is InChI=1S/C30H36N2O3/c1-5-34-28-16-11-23(21-24(28)22-35-27-14-12-25(13-15-27)30(2,3)4)29(33)32-19-17-31(18-20-32)26-9-7-6-8-10-26/h6-16,21H,5,17-20,22H2,1-4H3.